The number of esters is 1. The minimum absolute atomic E-state index is 0.251. The summed E-state index contributed by atoms with van der Waals surface area (Å²) in [5, 5.41) is 14.6. The van der Waals surface area contributed by atoms with Crippen molar-refractivity contribution in [1.29, 1.82) is 0 Å². The summed E-state index contributed by atoms with van der Waals surface area (Å²) >= 11 is 3.09. The lowest BCUT2D eigenvalue weighted by atomic mass is 10.0. The van der Waals surface area contributed by atoms with E-state index >= 15 is 0 Å². The van der Waals surface area contributed by atoms with E-state index < -0.39 is 24.0 Å². The fraction of sp³-hybridized carbons (Fsp3) is 0.435. The van der Waals surface area contributed by atoms with Crippen LogP contribution in [-0.4, -0.2) is 64.6 Å². The SMILES string of the molecule is CCOC(=O)[C@@H](CCc1ccccc1)NC1CSCC(c2cccs2)N(CC(=O)O)C1=O. The molecule has 1 amide bonds. The first-order chi connectivity index (χ1) is 15.5. The number of carbonyl (C=O) groups excluding carboxylic acids is 2. The van der Waals surface area contributed by atoms with Gasteiger partial charge in [0.1, 0.15) is 12.6 Å². The van der Waals surface area contributed by atoms with Gasteiger partial charge in [0.05, 0.1) is 18.7 Å². The Hall–Kier alpha value is -2.36. The van der Waals surface area contributed by atoms with Gasteiger partial charge in [0.15, 0.2) is 0 Å². The zero-order valence-corrected chi connectivity index (χ0v) is 19.6. The second-order valence-corrected chi connectivity index (χ2v) is 9.53. The van der Waals surface area contributed by atoms with Crippen LogP contribution >= 0.6 is 23.1 Å². The summed E-state index contributed by atoms with van der Waals surface area (Å²) < 4.78 is 5.25. The molecule has 1 aromatic heterocycles. The van der Waals surface area contributed by atoms with E-state index in [1.54, 1.807) is 18.7 Å². The minimum Gasteiger partial charge on any atom is -0.480 e. The van der Waals surface area contributed by atoms with Gasteiger partial charge in [0.2, 0.25) is 5.91 Å². The Labute approximate surface area is 196 Å². The quantitative estimate of drug-likeness (QED) is 0.509. The number of hydrogen-bond acceptors (Lipinski definition) is 7. The number of benzene rings is 1. The van der Waals surface area contributed by atoms with E-state index in [4.69, 9.17) is 4.74 Å². The third-order valence-electron chi connectivity index (χ3n) is 5.23. The van der Waals surface area contributed by atoms with Crippen LogP contribution in [0.15, 0.2) is 47.8 Å². The van der Waals surface area contributed by atoms with Crippen LogP contribution in [0.1, 0.15) is 29.8 Å². The number of rotatable bonds is 10. The van der Waals surface area contributed by atoms with Crippen LogP contribution in [0.25, 0.3) is 0 Å². The largest absolute Gasteiger partial charge is 0.480 e. The molecule has 2 unspecified atom stereocenters. The number of carbonyl (C=O) groups is 3. The molecule has 1 saturated heterocycles. The Bertz CT molecular complexity index is 891. The van der Waals surface area contributed by atoms with E-state index in [0.717, 1.165) is 10.4 Å². The predicted octanol–water partition coefficient (Wildman–Crippen LogP) is 2.97. The van der Waals surface area contributed by atoms with Crippen molar-refractivity contribution in [3.63, 3.8) is 0 Å². The number of carboxylic acid groups (broad SMARTS) is 1. The van der Waals surface area contributed by atoms with Gasteiger partial charge < -0.3 is 14.7 Å². The molecular formula is C23H28N2O5S2. The first-order valence-corrected chi connectivity index (χ1v) is 12.6. The molecule has 1 aromatic carbocycles. The summed E-state index contributed by atoms with van der Waals surface area (Å²) in [5.74, 6) is -0.699. The summed E-state index contributed by atoms with van der Waals surface area (Å²) in [6.45, 7) is 1.62. The highest BCUT2D eigenvalue weighted by Crippen LogP contribution is 2.32. The highest BCUT2D eigenvalue weighted by atomic mass is 32.2. The van der Waals surface area contributed by atoms with Gasteiger partial charge in [-0.3, -0.25) is 19.7 Å². The highest BCUT2D eigenvalue weighted by Gasteiger charge is 2.37. The number of carboxylic acids is 1. The van der Waals surface area contributed by atoms with E-state index in [0.29, 0.717) is 24.3 Å². The Balaban J connectivity index is 1.77. The molecule has 2 N–H and O–H groups in total. The maximum absolute atomic E-state index is 13.4. The van der Waals surface area contributed by atoms with E-state index in [1.165, 1.54) is 16.2 Å². The number of amides is 1. The van der Waals surface area contributed by atoms with Crippen LogP contribution in [0.4, 0.5) is 0 Å². The number of thiophene rings is 1. The van der Waals surface area contributed by atoms with Gasteiger partial charge >= 0.3 is 11.9 Å². The van der Waals surface area contributed by atoms with Gasteiger partial charge in [-0.1, -0.05) is 36.4 Å². The Kier molecular flexibility index (Phi) is 9.13. The van der Waals surface area contributed by atoms with E-state index in [2.05, 4.69) is 5.32 Å². The number of aliphatic carboxylic acids is 1. The van der Waals surface area contributed by atoms with E-state index in [-0.39, 0.29) is 25.1 Å². The molecule has 1 aliphatic heterocycles. The van der Waals surface area contributed by atoms with Crippen molar-refractivity contribution >= 4 is 40.9 Å². The lowest BCUT2D eigenvalue weighted by molar-refractivity contribution is -0.149. The topological polar surface area (TPSA) is 95.9 Å². The fourth-order valence-electron chi connectivity index (χ4n) is 3.69. The lowest BCUT2D eigenvalue weighted by Gasteiger charge is -2.30. The average molecular weight is 477 g/mol. The minimum atomic E-state index is -1.06. The van der Waals surface area contributed by atoms with Gasteiger partial charge in [0.25, 0.3) is 0 Å². The molecule has 172 valence electrons. The summed E-state index contributed by atoms with van der Waals surface area (Å²) in [7, 11) is 0. The first-order valence-electron chi connectivity index (χ1n) is 10.6. The fourth-order valence-corrected chi connectivity index (χ4v) is 5.83. The highest BCUT2D eigenvalue weighted by molar-refractivity contribution is 7.99. The third-order valence-corrected chi connectivity index (χ3v) is 7.33. The number of thioether (sulfide) groups is 1. The van der Waals surface area contributed by atoms with Crippen molar-refractivity contribution in [2.75, 3.05) is 24.7 Å². The van der Waals surface area contributed by atoms with Crippen LogP contribution in [-0.2, 0) is 25.5 Å². The molecule has 3 atom stereocenters. The zero-order chi connectivity index (χ0) is 22.9. The van der Waals surface area contributed by atoms with Crippen molar-refractivity contribution in [2.45, 2.75) is 37.9 Å². The Morgan fingerprint density at radius 3 is 2.66 bits per heavy atom. The van der Waals surface area contributed by atoms with E-state index in [9.17, 15) is 19.5 Å². The third kappa shape index (κ3) is 6.57. The molecule has 0 spiro atoms. The molecule has 0 bridgehead atoms. The second-order valence-electron chi connectivity index (χ2n) is 7.48. The van der Waals surface area contributed by atoms with Crippen LogP contribution in [0.2, 0.25) is 0 Å². The van der Waals surface area contributed by atoms with Crippen molar-refractivity contribution in [2.24, 2.45) is 0 Å². The Morgan fingerprint density at radius 2 is 2.00 bits per heavy atom. The summed E-state index contributed by atoms with van der Waals surface area (Å²) in [6.07, 6.45) is 1.13. The molecule has 9 heteroatoms. The van der Waals surface area contributed by atoms with E-state index in [1.807, 2.05) is 47.8 Å². The summed E-state index contributed by atoms with van der Waals surface area (Å²) in [5.41, 5.74) is 1.09. The van der Waals surface area contributed by atoms with Crippen LogP contribution in [0.5, 0.6) is 0 Å². The molecular weight excluding hydrogens is 448 g/mol. The standard InChI is InChI=1S/C23H28N2O5S2/c1-2-30-23(29)17(11-10-16-7-4-3-5-8-16)24-18-14-31-15-19(20-9-6-12-32-20)25(22(18)28)13-21(26)27/h3-9,12,17-19,24H,2,10-11,13-15H2,1H3,(H,26,27)/t17-,18?,19?/m1/s1. The molecule has 32 heavy (non-hydrogen) atoms. The van der Waals surface area contributed by atoms with Gasteiger partial charge in [-0.2, -0.15) is 11.8 Å². The normalized spacial score (nSPS) is 19.9. The summed E-state index contributed by atoms with van der Waals surface area (Å²) in [6, 6.07) is 12.0. The number of hydrogen-bond donors (Lipinski definition) is 2. The van der Waals surface area contributed by atoms with Gasteiger partial charge in [-0.05, 0) is 36.8 Å². The average Bonchev–Trinajstić information content (AvgIpc) is 3.27. The van der Waals surface area contributed by atoms with Crippen molar-refractivity contribution in [3.05, 3.63) is 58.3 Å². The van der Waals surface area contributed by atoms with Gasteiger partial charge in [-0.25, -0.2) is 0 Å². The smallest absolute Gasteiger partial charge is 0.323 e. The van der Waals surface area contributed by atoms with Crippen molar-refractivity contribution < 1.29 is 24.2 Å². The molecule has 0 radical (unpaired) electrons. The zero-order valence-electron chi connectivity index (χ0n) is 17.9. The first kappa shape index (κ1) is 24.3. The maximum atomic E-state index is 13.4. The number of aryl methyl sites for hydroxylation is 1. The van der Waals surface area contributed by atoms with Gasteiger partial charge in [0, 0.05) is 16.4 Å². The van der Waals surface area contributed by atoms with Gasteiger partial charge in [-0.15, -0.1) is 11.3 Å². The van der Waals surface area contributed by atoms with Crippen LogP contribution in [0.3, 0.4) is 0 Å². The monoisotopic (exact) mass is 476 g/mol. The number of nitrogens with one attached hydrogen (secondary N) is 1. The van der Waals surface area contributed by atoms with Crippen molar-refractivity contribution in [3.8, 4) is 0 Å². The summed E-state index contributed by atoms with van der Waals surface area (Å²) in [4.78, 5) is 40.0. The predicted molar refractivity (Wildman–Crippen MR) is 126 cm³/mol. The number of nitrogens with zero attached hydrogens (tertiary/aromatic N) is 1. The van der Waals surface area contributed by atoms with Crippen LogP contribution < -0.4 is 5.32 Å². The van der Waals surface area contributed by atoms with Crippen molar-refractivity contribution in [1.82, 2.24) is 10.2 Å². The van der Waals surface area contributed by atoms with Crippen LogP contribution in [0, 0.1) is 0 Å². The lowest BCUT2D eigenvalue weighted by Crippen LogP contribution is -2.54. The molecule has 0 saturated carbocycles. The Morgan fingerprint density at radius 1 is 1.22 bits per heavy atom. The molecule has 1 fully saturated rings. The molecule has 2 aromatic rings. The molecule has 2 heterocycles. The maximum Gasteiger partial charge on any atom is 0.323 e. The molecule has 7 nitrogen and oxygen atoms in total. The second kappa shape index (κ2) is 12.0. The molecule has 1 aliphatic rings. The number of ether oxygens (including phenoxy) is 1. The molecule has 3 rings (SSSR count). The molecule has 0 aliphatic carbocycles.